The molecule has 0 aliphatic heterocycles. The van der Waals surface area contributed by atoms with Gasteiger partial charge in [-0.05, 0) is 219 Å². The zero-order valence-corrected chi connectivity index (χ0v) is 79.7. The molecule has 0 bridgehead atoms. The predicted molar refractivity (Wildman–Crippen MR) is 611 cm³/mol. The Hall–Kier alpha value is -19.5. The van der Waals surface area contributed by atoms with Gasteiger partial charge in [0, 0.05) is 86.2 Å². The number of nitrogens with zero attached hydrogens (tertiary/aromatic N) is 9. The lowest BCUT2D eigenvalue weighted by molar-refractivity contribution is 0.669. The van der Waals surface area contributed by atoms with Crippen molar-refractivity contribution in [2.75, 3.05) is 0 Å². The molecule has 0 saturated carbocycles. The standard InChI is InChI=1S/C49H29N3O.C43H25N3O.C43H25N3S/c1-2-12-32(13-3-1)47-50-48(35-22-27-45-43(29-35)42-16-8-9-17-44(42)53-45)52-49(51-47)46-38-15-7-5-11-31(38)18-24-39(46)34-20-23-37-33(28-34)21-26-40-36-14-6-4-10-30(36)19-25-41(37)40;1-2-10-28-24-30(17-16-26(28)8-1)41-44-42(46-43(45-41)38-14-7-13-37-36-12-5-6-15-39(36)47-40(37)38)31-20-21-33-29(25-31)19-23-34-32-11-4-3-9-27(32)18-22-35(33)34;1-2-10-28-24-30(17-16-26(28)8-1)41-44-42(46-43(45-41)37-13-7-15-39-40(37)36-12-5-6-14-38(36)47-39)31-20-21-33-29(25-31)19-23-34-32-11-4-3-9-27(32)18-22-35(33)34/h1-29H;2*1-25H. The SMILES string of the molecule is c1ccc(-c2nc(-c3ccc4oc5ccccc5c4c3)nc(-c3c(-c4ccc5c(ccc6c7ccccc7ccc56)c4)ccc4ccccc34)n2)cc1.c1ccc2cc(-c3nc(-c4ccc5c(ccc6c7ccccc7ccc56)c4)nc(-c4cccc5c4oc4ccccc45)n3)ccc2c1.c1ccc2cc(-c3nc(-c4ccc5c(ccc6c7ccccc7ccc56)c4)nc(-c4cccc5sc6ccccc6c45)n3)ccc2c1. The highest BCUT2D eigenvalue weighted by molar-refractivity contribution is 7.26. The molecular formula is C135H79N9O2S. The minimum Gasteiger partial charge on any atom is -0.456 e. The lowest BCUT2D eigenvalue weighted by atomic mass is 9.91. The summed E-state index contributed by atoms with van der Waals surface area (Å²) in [7, 11) is 0. The van der Waals surface area contributed by atoms with Crippen LogP contribution in [0.2, 0.25) is 0 Å². The Bertz CT molecular complexity index is 10900. The van der Waals surface area contributed by atoms with E-state index in [1.54, 1.807) is 11.3 Å². The van der Waals surface area contributed by atoms with E-state index in [9.17, 15) is 0 Å². The van der Waals surface area contributed by atoms with Crippen LogP contribution in [0.4, 0.5) is 0 Å². The van der Waals surface area contributed by atoms with Gasteiger partial charge in [-0.1, -0.05) is 400 Å². The molecule has 0 amide bonds. The molecule has 12 heteroatoms. The minimum atomic E-state index is 0.577. The molecule has 25 aromatic carbocycles. The van der Waals surface area contributed by atoms with Crippen molar-refractivity contribution in [3.05, 3.63) is 479 Å². The molecule has 0 aliphatic rings. The van der Waals surface area contributed by atoms with Crippen molar-refractivity contribution in [3.8, 4) is 114 Å². The van der Waals surface area contributed by atoms with Crippen molar-refractivity contribution < 1.29 is 8.83 Å². The number of aromatic nitrogens is 9. The second kappa shape index (κ2) is 34.7. The molecule has 682 valence electrons. The summed E-state index contributed by atoms with van der Waals surface area (Å²) in [6.07, 6.45) is 0. The van der Waals surface area contributed by atoms with Crippen LogP contribution in [-0.4, -0.2) is 44.9 Å². The first kappa shape index (κ1) is 84.4. The van der Waals surface area contributed by atoms with Crippen molar-refractivity contribution in [1.82, 2.24) is 44.9 Å². The van der Waals surface area contributed by atoms with E-state index in [4.69, 9.17) is 53.7 Å². The molecule has 0 radical (unpaired) electrons. The molecule has 0 saturated heterocycles. The number of rotatable bonds is 10. The molecule has 0 spiro atoms. The maximum atomic E-state index is 6.42. The molecular weight excluding hydrogens is 1810 g/mol. The summed E-state index contributed by atoms with van der Waals surface area (Å²) in [6.45, 7) is 0. The fraction of sp³-hybridized carbons (Fsp3) is 0. The van der Waals surface area contributed by atoms with E-state index >= 15 is 0 Å². The number of hydrogen-bond donors (Lipinski definition) is 0. The third kappa shape index (κ3) is 14.8. The smallest absolute Gasteiger partial charge is 0.167 e. The highest BCUT2D eigenvalue weighted by atomic mass is 32.1. The Labute approximate surface area is 845 Å². The quantitative estimate of drug-likeness (QED) is 0.121. The van der Waals surface area contributed by atoms with E-state index in [2.05, 4.69) is 400 Å². The van der Waals surface area contributed by atoms with Gasteiger partial charge in [-0.3, -0.25) is 0 Å². The number of thiophene rings is 1. The van der Waals surface area contributed by atoms with Crippen LogP contribution in [0.5, 0.6) is 0 Å². The molecule has 6 heterocycles. The van der Waals surface area contributed by atoms with E-state index in [1.165, 1.54) is 117 Å². The molecule has 0 fully saturated rings. The molecule has 0 aliphatic carbocycles. The summed E-state index contributed by atoms with van der Waals surface area (Å²) >= 11 is 1.80. The highest BCUT2D eigenvalue weighted by Crippen LogP contribution is 2.47. The Morgan fingerprint density at radius 3 is 0.986 bits per heavy atom. The first-order chi connectivity index (χ1) is 72.8. The average Bonchev–Trinajstić information content (AvgIpc) is 1.34. The maximum Gasteiger partial charge on any atom is 0.167 e. The van der Waals surface area contributed by atoms with Crippen molar-refractivity contribution in [1.29, 1.82) is 0 Å². The second-order valence-electron chi connectivity index (χ2n) is 37.6. The molecule has 147 heavy (non-hydrogen) atoms. The van der Waals surface area contributed by atoms with E-state index in [-0.39, 0.29) is 0 Å². The van der Waals surface area contributed by atoms with Crippen molar-refractivity contribution in [2.24, 2.45) is 0 Å². The molecule has 31 aromatic rings. The summed E-state index contributed by atoms with van der Waals surface area (Å²) in [5, 5.41) is 35.7. The number of furan rings is 2. The van der Waals surface area contributed by atoms with Gasteiger partial charge in [0.05, 0.1) is 5.56 Å². The van der Waals surface area contributed by atoms with Crippen LogP contribution in [0.3, 0.4) is 0 Å². The zero-order valence-electron chi connectivity index (χ0n) is 78.9. The Balaban J connectivity index is 0.000000104. The van der Waals surface area contributed by atoms with Crippen molar-refractivity contribution >= 4 is 205 Å². The Kier molecular flexibility index (Phi) is 19.9. The van der Waals surface area contributed by atoms with Crippen LogP contribution in [0.25, 0.3) is 307 Å². The predicted octanol–water partition coefficient (Wildman–Crippen LogP) is 36.3. The lowest BCUT2D eigenvalue weighted by Crippen LogP contribution is -2.01. The topological polar surface area (TPSA) is 142 Å². The average molecular weight is 1890 g/mol. The Morgan fingerprint density at radius 2 is 0.456 bits per heavy atom. The molecule has 0 atom stereocenters. The largest absolute Gasteiger partial charge is 0.456 e. The fourth-order valence-electron chi connectivity index (χ4n) is 21.9. The third-order valence-electron chi connectivity index (χ3n) is 29.1. The van der Waals surface area contributed by atoms with E-state index in [0.717, 1.165) is 137 Å². The van der Waals surface area contributed by atoms with Gasteiger partial charge >= 0.3 is 0 Å². The zero-order chi connectivity index (χ0) is 96.7. The van der Waals surface area contributed by atoms with E-state index in [1.807, 2.05) is 78.9 Å². The van der Waals surface area contributed by atoms with Crippen LogP contribution in [0.15, 0.2) is 488 Å². The van der Waals surface area contributed by atoms with Gasteiger partial charge in [-0.15, -0.1) is 11.3 Å². The summed E-state index contributed by atoms with van der Waals surface area (Å²) in [5.41, 5.74) is 13.9. The normalized spacial score (nSPS) is 11.8. The van der Waals surface area contributed by atoms with E-state index < -0.39 is 0 Å². The monoisotopic (exact) mass is 1890 g/mol. The second-order valence-corrected chi connectivity index (χ2v) is 38.7. The minimum absolute atomic E-state index is 0.577. The summed E-state index contributed by atoms with van der Waals surface area (Å²) in [6, 6.07) is 169. The van der Waals surface area contributed by atoms with Crippen LogP contribution in [-0.2, 0) is 0 Å². The third-order valence-corrected chi connectivity index (χ3v) is 30.2. The van der Waals surface area contributed by atoms with Gasteiger partial charge in [0.2, 0.25) is 0 Å². The fourth-order valence-corrected chi connectivity index (χ4v) is 23.1. The van der Waals surface area contributed by atoms with Crippen molar-refractivity contribution in [3.63, 3.8) is 0 Å². The lowest BCUT2D eigenvalue weighted by Gasteiger charge is -2.16. The van der Waals surface area contributed by atoms with Crippen molar-refractivity contribution in [2.45, 2.75) is 0 Å². The number of para-hydroxylation sites is 3. The van der Waals surface area contributed by atoms with Crippen LogP contribution < -0.4 is 0 Å². The van der Waals surface area contributed by atoms with Gasteiger partial charge in [0.25, 0.3) is 0 Å². The number of hydrogen-bond acceptors (Lipinski definition) is 12. The molecule has 0 N–H and O–H groups in total. The summed E-state index contributed by atoms with van der Waals surface area (Å²) in [5.74, 6) is 5.68. The van der Waals surface area contributed by atoms with Gasteiger partial charge in [-0.25, -0.2) is 44.9 Å². The summed E-state index contributed by atoms with van der Waals surface area (Å²) < 4.78 is 15.1. The molecule has 6 aromatic heterocycles. The maximum absolute atomic E-state index is 6.42. The number of fused-ring (bicyclic) bond motifs is 27. The van der Waals surface area contributed by atoms with Gasteiger partial charge in [0.1, 0.15) is 22.3 Å². The molecule has 31 rings (SSSR count). The molecule has 11 nitrogen and oxygen atoms in total. The van der Waals surface area contributed by atoms with Crippen LogP contribution in [0, 0.1) is 0 Å². The van der Waals surface area contributed by atoms with Crippen LogP contribution >= 0.6 is 11.3 Å². The first-order valence-corrected chi connectivity index (χ1v) is 50.2. The van der Waals surface area contributed by atoms with Gasteiger partial charge in [-0.2, -0.15) is 0 Å². The highest BCUT2D eigenvalue weighted by Gasteiger charge is 2.26. The summed E-state index contributed by atoms with van der Waals surface area (Å²) in [4.78, 5) is 46.4. The number of benzene rings is 25. The van der Waals surface area contributed by atoms with Gasteiger partial charge < -0.3 is 8.83 Å². The van der Waals surface area contributed by atoms with E-state index in [0.29, 0.717) is 52.4 Å². The van der Waals surface area contributed by atoms with Crippen LogP contribution in [0.1, 0.15) is 0 Å². The first-order valence-electron chi connectivity index (χ1n) is 49.4. The Morgan fingerprint density at radius 1 is 0.143 bits per heavy atom. The molecule has 0 unspecified atom stereocenters. The van der Waals surface area contributed by atoms with Gasteiger partial charge in [0.15, 0.2) is 52.4 Å².